The third-order valence-corrected chi connectivity index (χ3v) is 4.75. The fourth-order valence-electron chi connectivity index (χ4n) is 3.29. The Morgan fingerprint density at radius 2 is 1.60 bits per heavy atom. The molecule has 2 aliphatic rings. The second-order valence-electron chi connectivity index (χ2n) is 6.31. The highest BCUT2D eigenvalue weighted by molar-refractivity contribution is 6.10. The Morgan fingerprint density at radius 1 is 1.08 bits per heavy atom. The van der Waals surface area contributed by atoms with Gasteiger partial charge in [-0.25, -0.2) is 0 Å². The standard InChI is InChI=1S/C18H19N3O4/c1-10(16(23)20-12-8-6-11(7-9-12)15(19)22)21-17(24)13-4-2-3-5-14(13)18(21)25/h2-3,6-10,13-14H,4-5H2,1H3,(H2,19,22)(H,20,23)/t10-,13-,14-/m0/s1. The van der Waals surface area contributed by atoms with Crippen molar-refractivity contribution >= 4 is 29.3 Å². The summed E-state index contributed by atoms with van der Waals surface area (Å²) in [6.07, 6.45) is 4.88. The van der Waals surface area contributed by atoms with Crippen molar-refractivity contribution in [2.45, 2.75) is 25.8 Å². The van der Waals surface area contributed by atoms with E-state index in [1.165, 1.54) is 19.1 Å². The molecular weight excluding hydrogens is 322 g/mol. The molecular formula is C18H19N3O4. The van der Waals surface area contributed by atoms with Gasteiger partial charge in [0.15, 0.2) is 0 Å². The molecule has 1 saturated heterocycles. The lowest BCUT2D eigenvalue weighted by Gasteiger charge is -2.22. The summed E-state index contributed by atoms with van der Waals surface area (Å²) >= 11 is 0. The first kappa shape index (κ1) is 16.9. The number of likely N-dealkylation sites (tertiary alicyclic amines) is 1. The van der Waals surface area contributed by atoms with Crippen LogP contribution in [0.3, 0.4) is 0 Å². The van der Waals surface area contributed by atoms with E-state index in [9.17, 15) is 19.2 Å². The number of nitrogens with two attached hydrogens (primary N) is 1. The van der Waals surface area contributed by atoms with Crippen molar-refractivity contribution in [3.05, 3.63) is 42.0 Å². The molecule has 3 rings (SSSR count). The number of hydrogen-bond donors (Lipinski definition) is 2. The number of carbonyl (C=O) groups is 4. The highest BCUT2D eigenvalue weighted by Gasteiger charge is 2.50. The van der Waals surface area contributed by atoms with Gasteiger partial charge in [-0.2, -0.15) is 0 Å². The molecule has 0 spiro atoms. The van der Waals surface area contributed by atoms with Gasteiger partial charge in [-0.3, -0.25) is 24.1 Å². The van der Waals surface area contributed by atoms with Crippen LogP contribution in [0.5, 0.6) is 0 Å². The molecule has 3 N–H and O–H groups in total. The van der Waals surface area contributed by atoms with Gasteiger partial charge in [0.2, 0.25) is 23.6 Å². The monoisotopic (exact) mass is 341 g/mol. The number of amides is 4. The minimum absolute atomic E-state index is 0.286. The summed E-state index contributed by atoms with van der Waals surface area (Å²) in [5, 5.41) is 2.65. The zero-order valence-corrected chi connectivity index (χ0v) is 13.8. The predicted octanol–water partition coefficient (Wildman–Crippen LogP) is 1.06. The minimum Gasteiger partial charge on any atom is -0.366 e. The highest BCUT2D eigenvalue weighted by Crippen LogP contribution is 2.36. The van der Waals surface area contributed by atoms with Gasteiger partial charge in [-0.15, -0.1) is 0 Å². The maximum Gasteiger partial charge on any atom is 0.248 e. The van der Waals surface area contributed by atoms with E-state index in [1.54, 1.807) is 12.1 Å². The number of rotatable bonds is 4. The molecule has 1 fully saturated rings. The van der Waals surface area contributed by atoms with E-state index >= 15 is 0 Å². The smallest absolute Gasteiger partial charge is 0.248 e. The van der Waals surface area contributed by atoms with Crippen molar-refractivity contribution in [2.75, 3.05) is 5.32 Å². The van der Waals surface area contributed by atoms with Crippen LogP contribution in [0.1, 0.15) is 30.1 Å². The molecule has 1 aromatic rings. The number of nitrogens with one attached hydrogen (secondary N) is 1. The molecule has 1 aromatic carbocycles. The molecule has 1 heterocycles. The molecule has 4 amide bonds. The van der Waals surface area contributed by atoms with Crippen LogP contribution in [-0.4, -0.2) is 34.6 Å². The number of hydrogen-bond acceptors (Lipinski definition) is 4. The predicted molar refractivity (Wildman–Crippen MR) is 90.3 cm³/mol. The Balaban J connectivity index is 1.71. The molecule has 7 nitrogen and oxygen atoms in total. The van der Waals surface area contributed by atoms with E-state index in [0.29, 0.717) is 24.1 Å². The summed E-state index contributed by atoms with van der Waals surface area (Å²) in [6.45, 7) is 1.54. The van der Waals surface area contributed by atoms with Gasteiger partial charge in [0.25, 0.3) is 0 Å². The van der Waals surface area contributed by atoms with Gasteiger partial charge in [-0.05, 0) is 44.0 Å². The van der Waals surface area contributed by atoms with Gasteiger partial charge in [0.05, 0.1) is 11.8 Å². The van der Waals surface area contributed by atoms with E-state index in [0.717, 1.165) is 4.90 Å². The van der Waals surface area contributed by atoms with Crippen molar-refractivity contribution < 1.29 is 19.2 Å². The number of imide groups is 1. The molecule has 0 saturated carbocycles. The van der Waals surface area contributed by atoms with Gasteiger partial charge >= 0.3 is 0 Å². The summed E-state index contributed by atoms with van der Waals surface area (Å²) in [4.78, 5) is 49.6. The van der Waals surface area contributed by atoms with Crippen LogP contribution in [0.15, 0.2) is 36.4 Å². The van der Waals surface area contributed by atoms with Crippen LogP contribution < -0.4 is 11.1 Å². The Bertz CT molecular complexity index is 743. The van der Waals surface area contributed by atoms with Crippen LogP contribution in [0.25, 0.3) is 0 Å². The number of nitrogens with zero attached hydrogens (tertiary/aromatic N) is 1. The van der Waals surface area contributed by atoms with Crippen LogP contribution in [0.4, 0.5) is 5.69 Å². The average molecular weight is 341 g/mol. The lowest BCUT2D eigenvalue weighted by Crippen LogP contribution is -2.46. The van der Waals surface area contributed by atoms with Crippen LogP contribution in [-0.2, 0) is 14.4 Å². The molecule has 25 heavy (non-hydrogen) atoms. The topological polar surface area (TPSA) is 110 Å². The van der Waals surface area contributed by atoms with Gasteiger partial charge in [0, 0.05) is 11.3 Å². The van der Waals surface area contributed by atoms with Crippen LogP contribution in [0, 0.1) is 11.8 Å². The first-order valence-corrected chi connectivity index (χ1v) is 8.12. The summed E-state index contributed by atoms with van der Waals surface area (Å²) in [5.74, 6) is -2.31. The summed E-state index contributed by atoms with van der Waals surface area (Å²) in [6, 6.07) is 5.18. The fourth-order valence-corrected chi connectivity index (χ4v) is 3.29. The van der Waals surface area contributed by atoms with Crippen molar-refractivity contribution in [3.8, 4) is 0 Å². The van der Waals surface area contributed by atoms with Crippen LogP contribution in [0.2, 0.25) is 0 Å². The molecule has 0 aromatic heterocycles. The van der Waals surface area contributed by atoms with Crippen molar-refractivity contribution in [2.24, 2.45) is 17.6 Å². The number of fused-ring (bicyclic) bond motifs is 1. The number of carbonyl (C=O) groups excluding carboxylic acids is 4. The van der Waals surface area contributed by atoms with Gasteiger partial charge < -0.3 is 11.1 Å². The maximum atomic E-state index is 12.5. The van der Waals surface area contributed by atoms with Gasteiger partial charge in [-0.1, -0.05) is 12.2 Å². The summed E-state index contributed by atoms with van der Waals surface area (Å²) in [7, 11) is 0. The second-order valence-corrected chi connectivity index (χ2v) is 6.31. The second kappa shape index (κ2) is 6.51. The quantitative estimate of drug-likeness (QED) is 0.630. The molecule has 1 aliphatic heterocycles. The van der Waals surface area contributed by atoms with Crippen molar-refractivity contribution in [3.63, 3.8) is 0 Å². The zero-order valence-electron chi connectivity index (χ0n) is 13.8. The lowest BCUT2D eigenvalue weighted by molar-refractivity contribution is -0.146. The molecule has 0 bridgehead atoms. The van der Waals surface area contributed by atoms with E-state index in [-0.39, 0.29) is 23.7 Å². The van der Waals surface area contributed by atoms with Crippen molar-refractivity contribution in [1.29, 1.82) is 0 Å². The Hall–Kier alpha value is -2.96. The molecule has 1 aliphatic carbocycles. The normalized spacial score (nSPS) is 23.3. The van der Waals surface area contributed by atoms with Crippen molar-refractivity contribution in [1.82, 2.24) is 4.90 Å². The molecule has 0 radical (unpaired) electrons. The third-order valence-electron chi connectivity index (χ3n) is 4.75. The van der Waals surface area contributed by atoms with E-state index < -0.39 is 17.9 Å². The summed E-state index contributed by atoms with van der Waals surface area (Å²) in [5.41, 5.74) is 5.96. The minimum atomic E-state index is -0.901. The number of primary amides is 1. The first-order valence-electron chi connectivity index (χ1n) is 8.12. The number of allylic oxidation sites excluding steroid dienone is 2. The Morgan fingerprint density at radius 3 is 2.08 bits per heavy atom. The Kier molecular flexibility index (Phi) is 4.39. The SMILES string of the molecule is C[C@@H](C(=O)Nc1ccc(C(N)=O)cc1)N1C(=O)[C@H]2CC=CC[C@@H]2C1=O. The lowest BCUT2D eigenvalue weighted by atomic mass is 9.85. The molecule has 0 unspecified atom stereocenters. The van der Waals surface area contributed by atoms with Gasteiger partial charge in [0.1, 0.15) is 6.04 Å². The Labute approximate surface area is 144 Å². The maximum absolute atomic E-state index is 12.5. The van der Waals surface area contributed by atoms with Crippen LogP contribution >= 0.6 is 0 Å². The average Bonchev–Trinajstić information content (AvgIpc) is 2.86. The number of anilines is 1. The van der Waals surface area contributed by atoms with E-state index in [1.807, 2.05) is 12.2 Å². The third kappa shape index (κ3) is 3.05. The fraction of sp³-hybridized carbons (Fsp3) is 0.333. The zero-order chi connectivity index (χ0) is 18.1. The first-order chi connectivity index (χ1) is 11.9. The largest absolute Gasteiger partial charge is 0.366 e. The highest BCUT2D eigenvalue weighted by atomic mass is 16.2. The molecule has 130 valence electrons. The summed E-state index contributed by atoms with van der Waals surface area (Å²) < 4.78 is 0. The molecule has 7 heteroatoms. The molecule has 3 atom stereocenters. The number of benzene rings is 1. The van der Waals surface area contributed by atoms with E-state index in [2.05, 4.69) is 5.32 Å². The van der Waals surface area contributed by atoms with E-state index in [4.69, 9.17) is 5.73 Å².